The third-order valence-corrected chi connectivity index (χ3v) is 3.85. The van der Waals surface area contributed by atoms with Gasteiger partial charge in [0.15, 0.2) is 0 Å². The number of aliphatic carboxylic acids is 1. The van der Waals surface area contributed by atoms with E-state index in [0.717, 1.165) is 16.3 Å². The van der Waals surface area contributed by atoms with Gasteiger partial charge in [0, 0.05) is 13.0 Å². The van der Waals surface area contributed by atoms with Crippen molar-refractivity contribution < 1.29 is 19.5 Å². The van der Waals surface area contributed by atoms with E-state index in [-0.39, 0.29) is 43.7 Å². The first-order valence-electron chi connectivity index (χ1n) is 8.17. The van der Waals surface area contributed by atoms with Gasteiger partial charge in [0.1, 0.15) is 0 Å². The minimum atomic E-state index is -0.898. The van der Waals surface area contributed by atoms with Crippen LogP contribution in [0.3, 0.4) is 0 Å². The Bertz CT molecular complexity index is 768. The van der Waals surface area contributed by atoms with E-state index >= 15 is 0 Å². The zero-order valence-electron chi connectivity index (χ0n) is 14.1. The number of hydrogen-bond acceptors (Lipinski definition) is 3. The van der Waals surface area contributed by atoms with Crippen molar-refractivity contribution in [1.82, 2.24) is 10.6 Å². The summed E-state index contributed by atoms with van der Waals surface area (Å²) in [4.78, 5) is 34.4. The molecule has 0 heterocycles. The summed E-state index contributed by atoms with van der Waals surface area (Å²) in [5.41, 5.74) is 0.908. The Balaban J connectivity index is 1.80. The second-order valence-corrected chi connectivity index (χ2v) is 6.10. The molecule has 0 saturated carbocycles. The molecule has 0 bridgehead atoms. The lowest BCUT2D eigenvalue weighted by atomic mass is 10.0. The third kappa shape index (κ3) is 5.91. The van der Waals surface area contributed by atoms with E-state index in [1.54, 1.807) is 6.92 Å². The summed E-state index contributed by atoms with van der Waals surface area (Å²) >= 11 is 0. The monoisotopic (exact) mass is 342 g/mol. The van der Waals surface area contributed by atoms with Crippen molar-refractivity contribution in [3.8, 4) is 0 Å². The Morgan fingerprint density at radius 1 is 1.00 bits per heavy atom. The van der Waals surface area contributed by atoms with Crippen molar-refractivity contribution in [2.45, 2.75) is 19.8 Å². The van der Waals surface area contributed by atoms with Gasteiger partial charge in [-0.25, -0.2) is 0 Å². The number of rotatable bonds is 8. The second kappa shape index (κ2) is 8.82. The van der Waals surface area contributed by atoms with Gasteiger partial charge in [-0.3, -0.25) is 14.4 Å². The first-order valence-corrected chi connectivity index (χ1v) is 8.17. The molecule has 0 aromatic heterocycles. The summed E-state index contributed by atoms with van der Waals surface area (Å²) in [5, 5.41) is 16.0. The van der Waals surface area contributed by atoms with Crippen LogP contribution >= 0.6 is 0 Å². The van der Waals surface area contributed by atoms with E-state index in [2.05, 4.69) is 10.6 Å². The number of carboxylic acids is 1. The summed E-state index contributed by atoms with van der Waals surface area (Å²) in [7, 11) is 0. The maximum Gasteiger partial charge on any atom is 0.303 e. The van der Waals surface area contributed by atoms with Crippen LogP contribution < -0.4 is 10.6 Å². The highest BCUT2D eigenvalue weighted by atomic mass is 16.4. The SMILES string of the molecule is CC(CNC(=O)CNC(=O)Cc1cccc2ccccc12)CC(=O)O. The molecule has 0 radical (unpaired) electrons. The van der Waals surface area contributed by atoms with Gasteiger partial charge in [-0.1, -0.05) is 49.4 Å². The normalized spacial score (nSPS) is 11.7. The third-order valence-electron chi connectivity index (χ3n) is 3.85. The van der Waals surface area contributed by atoms with Crippen molar-refractivity contribution in [3.63, 3.8) is 0 Å². The molecule has 6 nitrogen and oxygen atoms in total. The number of fused-ring (bicyclic) bond motifs is 1. The smallest absolute Gasteiger partial charge is 0.303 e. The average molecular weight is 342 g/mol. The van der Waals surface area contributed by atoms with Crippen LogP contribution in [0.4, 0.5) is 0 Å². The van der Waals surface area contributed by atoms with Crippen LogP contribution in [0, 0.1) is 5.92 Å². The fraction of sp³-hybridized carbons (Fsp3) is 0.316. The van der Waals surface area contributed by atoms with Crippen LogP contribution in [0.5, 0.6) is 0 Å². The molecule has 0 aliphatic rings. The Hall–Kier alpha value is -2.89. The number of carbonyl (C=O) groups is 3. The van der Waals surface area contributed by atoms with Crippen molar-refractivity contribution in [3.05, 3.63) is 48.0 Å². The van der Waals surface area contributed by atoms with Gasteiger partial charge in [0.2, 0.25) is 11.8 Å². The molecule has 0 aliphatic carbocycles. The molecule has 2 amide bonds. The Morgan fingerprint density at radius 3 is 2.48 bits per heavy atom. The molecule has 0 spiro atoms. The Kier molecular flexibility index (Phi) is 6.51. The molecule has 1 atom stereocenters. The van der Waals surface area contributed by atoms with Gasteiger partial charge < -0.3 is 15.7 Å². The molecule has 6 heteroatoms. The number of carbonyl (C=O) groups excluding carboxylic acids is 2. The van der Waals surface area contributed by atoms with Crippen LogP contribution in [-0.2, 0) is 20.8 Å². The highest BCUT2D eigenvalue weighted by Gasteiger charge is 2.11. The fourth-order valence-corrected chi connectivity index (χ4v) is 2.58. The van der Waals surface area contributed by atoms with Gasteiger partial charge in [0.25, 0.3) is 0 Å². The maximum atomic E-state index is 12.1. The number of carboxylic acid groups (broad SMARTS) is 1. The van der Waals surface area contributed by atoms with E-state index in [4.69, 9.17) is 5.11 Å². The molecule has 1 unspecified atom stereocenters. The van der Waals surface area contributed by atoms with Crippen molar-refractivity contribution in [1.29, 1.82) is 0 Å². The number of amides is 2. The molecule has 2 rings (SSSR count). The second-order valence-electron chi connectivity index (χ2n) is 6.10. The van der Waals surface area contributed by atoms with E-state index < -0.39 is 5.97 Å². The van der Waals surface area contributed by atoms with E-state index in [1.807, 2.05) is 42.5 Å². The predicted octanol–water partition coefficient (Wildman–Crippen LogP) is 1.73. The van der Waals surface area contributed by atoms with Crippen molar-refractivity contribution >= 4 is 28.6 Å². The van der Waals surface area contributed by atoms with Crippen LogP contribution in [0.25, 0.3) is 10.8 Å². The Labute approximate surface area is 146 Å². The average Bonchev–Trinajstić information content (AvgIpc) is 2.58. The van der Waals surface area contributed by atoms with Gasteiger partial charge in [-0.05, 0) is 22.3 Å². The van der Waals surface area contributed by atoms with Crippen LogP contribution in [-0.4, -0.2) is 36.0 Å². The molecule has 2 aromatic rings. The summed E-state index contributed by atoms with van der Waals surface area (Å²) in [6.45, 7) is 1.89. The molecular formula is C19H22N2O4. The highest BCUT2D eigenvalue weighted by molar-refractivity contribution is 5.91. The lowest BCUT2D eigenvalue weighted by molar-refractivity contribution is -0.138. The minimum absolute atomic E-state index is 0.00623. The summed E-state index contributed by atoms with van der Waals surface area (Å²) < 4.78 is 0. The summed E-state index contributed by atoms with van der Waals surface area (Å²) in [6, 6.07) is 13.6. The standard InChI is InChI=1S/C19H22N2O4/c1-13(9-19(24)25)11-20-18(23)12-21-17(22)10-15-7-4-6-14-5-2-3-8-16(14)15/h2-8,13H,9-12H2,1H3,(H,20,23)(H,21,22)(H,24,25). The van der Waals surface area contributed by atoms with Crippen molar-refractivity contribution in [2.24, 2.45) is 5.92 Å². The first-order chi connectivity index (χ1) is 12.0. The summed E-state index contributed by atoms with van der Waals surface area (Å²) in [5.74, 6) is -1.62. The topological polar surface area (TPSA) is 95.5 Å². The Morgan fingerprint density at radius 2 is 1.72 bits per heavy atom. The van der Waals surface area contributed by atoms with Crippen LogP contribution in [0.15, 0.2) is 42.5 Å². The van der Waals surface area contributed by atoms with Crippen LogP contribution in [0.1, 0.15) is 18.9 Å². The zero-order chi connectivity index (χ0) is 18.2. The lowest BCUT2D eigenvalue weighted by Gasteiger charge is -2.11. The van der Waals surface area contributed by atoms with Crippen LogP contribution in [0.2, 0.25) is 0 Å². The maximum absolute atomic E-state index is 12.1. The lowest BCUT2D eigenvalue weighted by Crippen LogP contribution is -2.39. The highest BCUT2D eigenvalue weighted by Crippen LogP contribution is 2.18. The van der Waals surface area contributed by atoms with E-state index in [0.29, 0.717) is 0 Å². The van der Waals surface area contributed by atoms with Crippen molar-refractivity contribution in [2.75, 3.05) is 13.1 Å². The molecule has 0 aliphatic heterocycles. The molecule has 0 fully saturated rings. The van der Waals surface area contributed by atoms with Gasteiger partial charge in [-0.15, -0.1) is 0 Å². The van der Waals surface area contributed by atoms with Gasteiger partial charge in [-0.2, -0.15) is 0 Å². The first kappa shape index (κ1) is 18.4. The van der Waals surface area contributed by atoms with E-state index in [1.165, 1.54) is 0 Å². The minimum Gasteiger partial charge on any atom is -0.481 e. The van der Waals surface area contributed by atoms with E-state index in [9.17, 15) is 14.4 Å². The zero-order valence-corrected chi connectivity index (χ0v) is 14.1. The number of nitrogens with one attached hydrogen (secondary N) is 2. The molecule has 2 aromatic carbocycles. The fourth-order valence-electron chi connectivity index (χ4n) is 2.58. The number of hydrogen-bond donors (Lipinski definition) is 3. The quantitative estimate of drug-likeness (QED) is 0.681. The molecule has 3 N–H and O–H groups in total. The number of benzene rings is 2. The largest absolute Gasteiger partial charge is 0.481 e. The molecule has 0 saturated heterocycles. The molecule has 25 heavy (non-hydrogen) atoms. The predicted molar refractivity (Wildman–Crippen MR) is 95.1 cm³/mol. The molecule has 132 valence electrons. The van der Waals surface area contributed by atoms with Gasteiger partial charge in [0.05, 0.1) is 13.0 Å². The van der Waals surface area contributed by atoms with Gasteiger partial charge >= 0.3 is 5.97 Å². The molecular weight excluding hydrogens is 320 g/mol. The summed E-state index contributed by atoms with van der Waals surface area (Å²) in [6.07, 6.45) is 0.192.